The van der Waals surface area contributed by atoms with Crippen LogP contribution in [0.4, 0.5) is 5.69 Å². The molecule has 5 aromatic rings. The fraction of sp³-hybridized carbons (Fsp3) is 0.135. The zero-order chi connectivity index (χ0) is 38.4. The third kappa shape index (κ3) is 7.71. The van der Waals surface area contributed by atoms with Crippen molar-refractivity contribution in [2.24, 2.45) is 0 Å². The van der Waals surface area contributed by atoms with Gasteiger partial charge >= 0.3 is 0 Å². The van der Waals surface area contributed by atoms with E-state index < -0.39 is 0 Å². The van der Waals surface area contributed by atoms with E-state index in [0.29, 0.717) is 16.9 Å². The van der Waals surface area contributed by atoms with Gasteiger partial charge in [0.1, 0.15) is 0 Å². The average molecular weight is 747 g/mol. The van der Waals surface area contributed by atoms with Gasteiger partial charge in [0.05, 0.1) is 5.69 Å². The van der Waals surface area contributed by atoms with E-state index in [2.05, 4.69) is 169 Å². The molecule has 0 spiro atoms. The van der Waals surface area contributed by atoms with Gasteiger partial charge in [-0.2, -0.15) is 0 Å². The maximum atomic E-state index is 13.9. The Balaban J connectivity index is 1.01. The van der Waals surface area contributed by atoms with Crippen LogP contribution in [-0.4, -0.2) is 17.4 Å². The standard InChI is InChI=1S/C52H46N2OS/c1-3-42(34-37-16-7-4-8-17-37)53(2)43-30-26-38(27-31-43)40-29-33-48(52(56)36-40)51(55)35-41-18-13-14-21-45(41)39-19-15-20-44(32-28-39)54-49-24-11-5-9-22-46(49)47-23-10-6-12-25-50(47)54/h4-5,7-18,20-23,25-34,36,56H,3,6,19,24,35H2,1-2H3/b42-34-. The second-order valence-corrected chi connectivity index (χ2v) is 14.9. The molecule has 3 aliphatic carbocycles. The van der Waals surface area contributed by atoms with Gasteiger partial charge in [-0.25, -0.2) is 0 Å². The quantitative estimate of drug-likeness (QED) is 0.114. The number of carbonyl (C=O) groups excluding carboxylic acids is 1. The zero-order valence-electron chi connectivity index (χ0n) is 32.0. The van der Waals surface area contributed by atoms with Gasteiger partial charge in [-0.1, -0.05) is 134 Å². The topological polar surface area (TPSA) is 25.2 Å². The van der Waals surface area contributed by atoms with Gasteiger partial charge in [0.2, 0.25) is 0 Å². The highest BCUT2D eigenvalue weighted by Gasteiger charge is 2.22. The lowest BCUT2D eigenvalue weighted by atomic mass is 9.92. The van der Waals surface area contributed by atoms with E-state index in [4.69, 9.17) is 12.6 Å². The average Bonchev–Trinajstić information content (AvgIpc) is 3.60. The van der Waals surface area contributed by atoms with E-state index in [9.17, 15) is 4.79 Å². The molecule has 3 nitrogen and oxygen atoms in total. The molecular formula is C52H46N2OS. The number of ketones is 1. The number of carbonyl (C=O) groups is 1. The van der Waals surface area contributed by atoms with Crippen LogP contribution in [0.1, 0.15) is 75.7 Å². The molecule has 4 aromatic carbocycles. The van der Waals surface area contributed by atoms with Crippen LogP contribution in [0.15, 0.2) is 162 Å². The van der Waals surface area contributed by atoms with Crippen LogP contribution in [0.5, 0.6) is 0 Å². The van der Waals surface area contributed by atoms with Gasteiger partial charge in [-0.15, -0.1) is 12.6 Å². The Morgan fingerprint density at radius 1 is 0.768 bits per heavy atom. The number of Topliss-reactive ketones (excluding diaryl/α,β-unsaturated/α-hetero) is 1. The van der Waals surface area contributed by atoms with Crippen LogP contribution >= 0.6 is 12.6 Å². The minimum absolute atomic E-state index is 0.0583. The predicted molar refractivity (Wildman–Crippen MR) is 242 cm³/mol. The number of allylic oxidation sites excluding steroid dienone is 12. The van der Waals surface area contributed by atoms with Gasteiger partial charge in [0, 0.05) is 64.3 Å². The van der Waals surface area contributed by atoms with E-state index in [1.165, 1.54) is 39.3 Å². The minimum Gasteiger partial charge on any atom is -0.348 e. The molecule has 0 radical (unpaired) electrons. The highest BCUT2D eigenvalue weighted by Crippen LogP contribution is 2.36. The number of thiol groups is 1. The van der Waals surface area contributed by atoms with Gasteiger partial charge in [0.15, 0.2) is 5.78 Å². The summed E-state index contributed by atoms with van der Waals surface area (Å²) in [4.78, 5) is 16.9. The predicted octanol–water partition coefficient (Wildman–Crippen LogP) is 13.2. The number of benzene rings is 4. The summed E-state index contributed by atoms with van der Waals surface area (Å²) in [6, 6.07) is 33.3. The Kier molecular flexibility index (Phi) is 11.0. The maximum absolute atomic E-state index is 13.9. The summed E-state index contributed by atoms with van der Waals surface area (Å²) >= 11 is 4.84. The van der Waals surface area contributed by atoms with Gasteiger partial charge < -0.3 is 9.47 Å². The largest absolute Gasteiger partial charge is 0.348 e. The second kappa shape index (κ2) is 16.7. The molecular weight excluding hydrogens is 701 g/mol. The first kappa shape index (κ1) is 36.9. The zero-order valence-corrected chi connectivity index (χ0v) is 32.9. The van der Waals surface area contributed by atoms with Gasteiger partial charge in [-0.3, -0.25) is 4.79 Å². The molecule has 0 saturated carbocycles. The molecule has 1 aromatic heterocycles. The molecule has 3 aliphatic rings. The SMILES string of the molecule is CC/C(=C/c1ccccc1)N(C)c1ccc(-c2ccc(C(=O)Cc3ccccc3C3=CC=C(n4c5c(c6c4CC=CC=C6)C=CCC=C5)C=CC3)c(S)c2)cc1. The van der Waals surface area contributed by atoms with Crippen molar-refractivity contribution in [1.82, 2.24) is 4.57 Å². The molecule has 8 rings (SSSR count). The molecule has 0 unspecified atom stereocenters. The number of anilines is 1. The Hall–Kier alpha value is -6.10. The normalized spacial score (nSPS) is 14.7. The summed E-state index contributed by atoms with van der Waals surface area (Å²) < 4.78 is 2.42. The summed E-state index contributed by atoms with van der Waals surface area (Å²) in [7, 11) is 2.11. The molecule has 0 atom stereocenters. The first-order valence-corrected chi connectivity index (χ1v) is 20.0. The Morgan fingerprint density at radius 2 is 1.55 bits per heavy atom. The van der Waals surface area contributed by atoms with E-state index in [-0.39, 0.29) is 5.78 Å². The molecule has 0 bridgehead atoms. The number of fused-ring (bicyclic) bond motifs is 3. The van der Waals surface area contributed by atoms with Crippen LogP contribution in [0.25, 0.3) is 46.7 Å². The van der Waals surface area contributed by atoms with Crippen LogP contribution < -0.4 is 4.90 Å². The minimum atomic E-state index is 0.0583. The summed E-state index contributed by atoms with van der Waals surface area (Å²) in [5.41, 5.74) is 15.8. The third-order valence-corrected chi connectivity index (χ3v) is 11.3. The van der Waals surface area contributed by atoms with Crippen molar-refractivity contribution in [3.8, 4) is 11.1 Å². The van der Waals surface area contributed by atoms with Crippen molar-refractivity contribution in [1.29, 1.82) is 0 Å². The van der Waals surface area contributed by atoms with Crippen LogP contribution in [0.2, 0.25) is 0 Å². The number of rotatable bonds is 10. The van der Waals surface area contributed by atoms with Crippen molar-refractivity contribution >= 4 is 59.7 Å². The maximum Gasteiger partial charge on any atom is 0.168 e. The van der Waals surface area contributed by atoms with Crippen molar-refractivity contribution in [2.45, 2.75) is 43.9 Å². The third-order valence-electron chi connectivity index (χ3n) is 10.9. The smallest absolute Gasteiger partial charge is 0.168 e. The van der Waals surface area contributed by atoms with Crippen molar-refractivity contribution in [2.75, 3.05) is 11.9 Å². The number of hydrogen-bond acceptors (Lipinski definition) is 3. The van der Waals surface area contributed by atoms with Crippen LogP contribution in [-0.2, 0) is 12.8 Å². The van der Waals surface area contributed by atoms with Crippen LogP contribution in [0, 0.1) is 0 Å². The summed E-state index contributed by atoms with van der Waals surface area (Å²) in [5, 5.41) is 0. The molecule has 0 aliphatic heterocycles. The first-order valence-electron chi connectivity index (χ1n) is 19.5. The summed E-state index contributed by atoms with van der Waals surface area (Å²) in [6.45, 7) is 2.18. The number of nitrogens with zero attached hydrogens (tertiary/aromatic N) is 2. The lowest BCUT2D eigenvalue weighted by Gasteiger charge is -2.22. The summed E-state index contributed by atoms with van der Waals surface area (Å²) in [6.07, 6.45) is 32.8. The van der Waals surface area contributed by atoms with E-state index >= 15 is 0 Å². The van der Waals surface area contributed by atoms with E-state index in [1.807, 2.05) is 30.3 Å². The highest BCUT2D eigenvalue weighted by molar-refractivity contribution is 7.80. The highest BCUT2D eigenvalue weighted by atomic mass is 32.1. The number of hydrogen-bond donors (Lipinski definition) is 1. The Labute approximate surface area is 336 Å². The fourth-order valence-corrected chi connectivity index (χ4v) is 8.28. The summed E-state index contributed by atoms with van der Waals surface area (Å²) in [5.74, 6) is 0.0583. The Bertz CT molecular complexity index is 2530. The molecule has 0 fully saturated rings. The molecule has 56 heavy (non-hydrogen) atoms. The number of aromatic nitrogens is 1. The lowest BCUT2D eigenvalue weighted by Crippen LogP contribution is -2.15. The van der Waals surface area contributed by atoms with Crippen molar-refractivity contribution in [3.05, 3.63) is 202 Å². The first-order chi connectivity index (χ1) is 27.5. The van der Waals surface area contributed by atoms with Crippen molar-refractivity contribution < 1.29 is 4.79 Å². The fourth-order valence-electron chi connectivity index (χ4n) is 7.94. The molecule has 0 N–H and O–H groups in total. The monoisotopic (exact) mass is 746 g/mol. The second-order valence-electron chi connectivity index (χ2n) is 14.4. The van der Waals surface area contributed by atoms with Gasteiger partial charge in [-0.05, 0) is 101 Å². The van der Waals surface area contributed by atoms with Gasteiger partial charge in [0.25, 0.3) is 0 Å². The Morgan fingerprint density at radius 3 is 2.38 bits per heavy atom. The molecule has 0 saturated heterocycles. The van der Waals surface area contributed by atoms with Crippen molar-refractivity contribution in [3.63, 3.8) is 0 Å². The van der Waals surface area contributed by atoms with E-state index in [1.54, 1.807) is 0 Å². The molecule has 276 valence electrons. The molecule has 0 amide bonds. The lowest BCUT2D eigenvalue weighted by molar-refractivity contribution is 0.0990. The molecule has 1 heterocycles. The van der Waals surface area contributed by atoms with E-state index in [0.717, 1.165) is 59.3 Å². The molecule has 4 heteroatoms. The van der Waals surface area contributed by atoms with Crippen LogP contribution in [0.3, 0.4) is 0 Å².